The number of hydrogen-bond acceptors (Lipinski definition) is 3. The van der Waals surface area contributed by atoms with Crippen LogP contribution in [0.15, 0.2) is 51.6 Å². The molecule has 2 aromatic rings. The minimum absolute atomic E-state index is 0.0614. The second kappa shape index (κ2) is 6.00. The van der Waals surface area contributed by atoms with Gasteiger partial charge in [0, 0.05) is 0 Å². The van der Waals surface area contributed by atoms with Crippen molar-refractivity contribution in [3.63, 3.8) is 0 Å². The van der Waals surface area contributed by atoms with Gasteiger partial charge in [-0.25, -0.2) is 0 Å². The lowest BCUT2D eigenvalue weighted by Gasteiger charge is -2.15. The van der Waals surface area contributed by atoms with Gasteiger partial charge in [0.1, 0.15) is 5.76 Å². The van der Waals surface area contributed by atoms with Crippen LogP contribution in [0, 0.1) is 0 Å². The van der Waals surface area contributed by atoms with Crippen molar-refractivity contribution in [1.29, 1.82) is 0 Å². The summed E-state index contributed by atoms with van der Waals surface area (Å²) in [5.41, 5.74) is 1.07. The largest absolute Gasteiger partial charge is 0.453 e. The molecule has 0 saturated heterocycles. The molecule has 0 aliphatic heterocycles. The number of aliphatic hydroxyl groups excluding tert-OH is 1. The van der Waals surface area contributed by atoms with Crippen molar-refractivity contribution < 1.29 is 9.52 Å². The third-order valence-electron chi connectivity index (χ3n) is 2.54. The highest BCUT2D eigenvalue weighted by Crippen LogP contribution is 2.16. The number of rotatable bonds is 5. The van der Waals surface area contributed by atoms with Crippen molar-refractivity contribution in [3.05, 3.63) is 58.5 Å². The van der Waals surface area contributed by atoms with Gasteiger partial charge in [-0.2, -0.15) is 0 Å². The summed E-state index contributed by atoms with van der Waals surface area (Å²) in [6, 6.07) is 13.6. The molecule has 0 aliphatic rings. The second-order valence-electron chi connectivity index (χ2n) is 3.73. The summed E-state index contributed by atoms with van der Waals surface area (Å²) in [7, 11) is 0. The number of benzene rings is 1. The summed E-state index contributed by atoms with van der Waals surface area (Å²) in [6.07, 6.45) is 0. The van der Waals surface area contributed by atoms with E-state index < -0.39 is 0 Å². The highest BCUT2D eigenvalue weighted by molar-refractivity contribution is 9.10. The Morgan fingerprint density at radius 2 is 1.94 bits per heavy atom. The lowest BCUT2D eigenvalue weighted by atomic mass is 10.1. The van der Waals surface area contributed by atoms with Gasteiger partial charge < -0.3 is 14.8 Å². The Balaban J connectivity index is 1.97. The maximum Gasteiger partial charge on any atom is 0.169 e. The minimum atomic E-state index is -0.0694. The third kappa shape index (κ3) is 3.43. The van der Waals surface area contributed by atoms with Crippen molar-refractivity contribution in [2.75, 3.05) is 6.61 Å². The first-order valence-corrected chi connectivity index (χ1v) is 6.22. The summed E-state index contributed by atoms with van der Waals surface area (Å²) < 4.78 is 6.10. The first-order valence-electron chi connectivity index (χ1n) is 5.43. The van der Waals surface area contributed by atoms with Crippen LogP contribution < -0.4 is 5.32 Å². The molecule has 3 nitrogen and oxygen atoms in total. The number of aliphatic hydroxyl groups is 1. The number of hydrogen-bond donors (Lipinski definition) is 2. The van der Waals surface area contributed by atoms with Crippen molar-refractivity contribution in [1.82, 2.24) is 5.32 Å². The molecule has 1 aromatic heterocycles. The van der Waals surface area contributed by atoms with Crippen molar-refractivity contribution in [2.45, 2.75) is 12.6 Å². The predicted molar refractivity (Wildman–Crippen MR) is 69.5 cm³/mol. The lowest BCUT2D eigenvalue weighted by Crippen LogP contribution is -2.23. The molecule has 1 aromatic carbocycles. The van der Waals surface area contributed by atoms with Crippen LogP contribution in [0.25, 0.3) is 0 Å². The van der Waals surface area contributed by atoms with Gasteiger partial charge in [-0.15, -0.1) is 0 Å². The number of nitrogens with one attached hydrogen (secondary N) is 1. The molecular formula is C13H14BrNO2. The topological polar surface area (TPSA) is 45.4 Å². The molecule has 0 fully saturated rings. The van der Waals surface area contributed by atoms with Crippen LogP contribution in [0.1, 0.15) is 17.4 Å². The van der Waals surface area contributed by atoms with E-state index in [0.717, 1.165) is 16.0 Å². The summed E-state index contributed by atoms with van der Waals surface area (Å²) in [4.78, 5) is 0. The molecule has 17 heavy (non-hydrogen) atoms. The molecule has 0 bridgehead atoms. The molecule has 1 atom stereocenters. The zero-order chi connectivity index (χ0) is 12.1. The van der Waals surface area contributed by atoms with Crippen LogP contribution in [0.3, 0.4) is 0 Å². The predicted octanol–water partition coefficient (Wildman–Crippen LogP) is 2.87. The highest BCUT2D eigenvalue weighted by atomic mass is 79.9. The van der Waals surface area contributed by atoms with Crippen LogP contribution in [0.4, 0.5) is 0 Å². The van der Waals surface area contributed by atoms with Gasteiger partial charge in [-0.1, -0.05) is 30.3 Å². The Hall–Kier alpha value is -1.10. The highest BCUT2D eigenvalue weighted by Gasteiger charge is 2.09. The molecule has 90 valence electrons. The van der Waals surface area contributed by atoms with E-state index in [1.54, 1.807) is 0 Å². The molecule has 2 N–H and O–H groups in total. The monoisotopic (exact) mass is 295 g/mol. The van der Waals surface area contributed by atoms with Gasteiger partial charge in [-0.3, -0.25) is 0 Å². The maximum absolute atomic E-state index is 9.36. The summed E-state index contributed by atoms with van der Waals surface area (Å²) >= 11 is 3.26. The Kier molecular flexibility index (Phi) is 4.36. The average Bonchev–Trinajstić information content (AvgIpc) is 2.77. The van der Waals surface area contributed by atoms with Crippen LogP contribution >= 0.6 is 15.9 Å². The minimum Gasteiger partial charge on any atom is -0.453 e. The lowest BCUT2D eigenvalue weighted by molar-refractivity contribution is 0.240. The molecule has 0 saturated carbocycles. The fourth-order valence-corrected chi connectivity index (χ4v) is 1.98. The fraction of sp³-hybridized carbons (Fsp3) is 0.231. The average molecular weight is 296 g/mol. The van der Waals surface area contributed by atoms with E-state index in [-0.39, 0.29) is 12.6 Å². The van der Waals surface area contributed by atoms with Crippen LogP contribution in [0.5, 0.6) is 0 Å². The normalized spacial score (nSPS) is 12.6. The van der Waals surface area contributed by atoms with E-state index in [1.807, 2.05) is 42.5 Å². The molecule has 0 unspecified atom stereocenters. The van der Waals surface area contributed by atoms with Gasteiger partial charge in [0.2, 0.25) is 0 Å². The third-order valence-corrected chi connectivity index (χ3v) is 2.96. The Morgan fingerprint density at radius 1 is 1.18 bits per heavy atom. The second-order valence-corrected chi connectivity index (χ2v) is 4.51. The van der Waals surface area contributed by atoms with Crippen LogP contribution in [-0.4, -0.2) is 11.7 Å². The molecule has 1 heterocycles. The Labute approximate surface area is 109 Å². The Bertz CT molecular complexity index is 455. The van der Waals surface area contributed by atoms with Gasteiger partial charge in [0.25, 0.3) is 0 Å². The fourth-order valence-electron chi connectivity index (χ4n) is 1.64. The summed E-state index contributed by atoms with van der Waals surface area (Å²) in [5, 5.41) is 12.6. The summed E-state index contributed by atoms with van der Waals surface area (Å²) in [6.45, 7) is 0.650. The van der Waals surface area contributed by atoms with Crippen LogP contribution in [-0.2, 0) is 6.54 Å². The quantitative estimate of drug-likeness (QED) is 0.892. The van der Waals surface area contributed by atoms with E-state index in [1.165, 1.54) is 0 Å². The molecule has 0 spiro atoms. The maximum atomic E-state index is 9.36. The molecule has 0 radical (unpaired) electrons. The van der Waals surface area contributed by atoms with Gasteiger partial charge in [0.05, 0.1) is 19.2 Å². The first kappa shape index (κ1) is 12.4. The van der Waals surface area contributed by atoms with Crippen molar-refractivity contribution in [2.24, 2.45) is 0 Å². The SMILES string of the molecule is OC[C@@H](NCc1ccc(Br)o1)c1ccccc1. The van der Waals surface area contributed by atoms with E-state index in [0.29, 0.717) is 6.54 Å². The van der Waals surface area contributed by atoms with E-state index in [2.05, 4.69) is 21.2 Å². The zero-order valence-electron chi connectivity index (χ0n) is 9.27. The standard InChI is InChI=1S/C13H14BrNO2/c14-13-7-6-11(17-13)8-15-12(9-16)10-4-2-1-3-5-10/h1-7,12,15-16H,8-9H2/t12-/m1/s1. The van der Waals surface area contributed by atoms with E-state index in [9.17, 15) is 5.11 Å². The first-order chi connectivity index (χ1) is 8.29. The zero-order valence-corrected chi connectivity index (χ0v) is 10.9. The number of furan rings is 1. The van der Waals surface area contributed by atoms with Gasteiger partial charge >= 0.3 is 0 Å². The van der Waals surface area contributed by atoms with E-state index in [4.69, 9.17) is 4.42 Å². The van der Waals surface area contributed by atoms with Crippen molar-refractivity contribution >= 4 is 15.9 Å². The summed E-state index contributed by atoms with van der Waals surface area (Å²) in [5.74, 6) is 0.839. The molecule has 4 heteroatoms. The van der Waals surface area contributed by atoms with Gasteiger partial charge in [0.15, 0.2) is 4.67 Å². The van der Waals surface area contributed by atoms with Crippen molar-refractivity contribution in [3.8, 4) is 0 Å². The molecule has 2 rings (SSSR count). The van der Waals surface area contributed by atoms with Crippen LogP contribution in [0.2, 0.25) is 0 Å². The smallest absolute Gasteiger partial charge is 0.169 e. The molecule has 0 amide bonds. The van der Waals surface area contributed by atoms with Gasteiger partial charge in [-0.05, 0) is 33.6 Å². The van der Waals surface area contributed by atoms with E-state index >= 15 is 0 Å². The Morgan fingerprint density at radius 3 is 2.53 bits per heavy atom. The number of halogens is 1. The molecular weight excluding hydrogens is 282 g/mol. The molecule has 0 aliphatic carbocycles.